The van der Waals surface area contributed by atoms with Gasteiger partial charge in [0.15, 0.2) is 18.0 Å². The summed E-state index contributed by atoms with van der Waals surface area (Å²) in [5.74, 6) is 1.77. The molecule has 2 aromatic rings. The first-order valence-corrected chi connectivity index (χ1v) is 10.5. The van der Waals surface area contributed by atoms with Gasteiger partial charge in [-0.1, -0.05) is 23.7 Å². The molecule has 2 aliphatic heterocycles. The summed E-state index contributed by atoms with van der Waals surface area (Å²) in [7, 11) is 0. The van der Waals surface area contributed by atoms with Gasteiger partial charge in [-0.3, -0.25) is 4.79 Å². The Hall–Kier alpha value is -2.28. The molecule has 154 valence electrons. The van der Waals surface area contributed by atoms with E-state index in [0.29, 0.717) is 18.4 Å². The minimum absolute atomic E-state index is 0.0166. The lowest BCUT2D eigenvalue weighted by molar-refractivity contribution is -1.02. The summed E-state index contributed by atoms with van der Waals surface area (Å²) < 4.78 is 10.9. The smallest absolute Gasteiger partial charge is 0.275 e. The molecule has 3 N–H and O–H groups in total. The van der Waals surface area contributed by atoms with Crippen LogP contribution in [0.5, 0.6) is 11.5 Å². The van der Waals surface area contributed by atoms with E-state index in [2.05, 4.69) is 17.4 Å². The zero-order valence-corrected chi connectivity index (χ0v) is 17.4. The topological polar surface area (TPSA) is 56.4 Å². The molecule has 1 atom stereocenters. The van der Waals surface area contributed by atoms with E-state index < -0.39 is 0 Å². The molecule has 2 heterocycles. The summed E-state index contributed by atoms with van der Waals surface area (Å²) in [5, 5.41) is 3.81. The highest BCUT2D eigenvalue weighted by Gasteiger charge is 2.26. The molecule has 0 radical (unpaired) electrons. The number of quaternary nitrogens is 2. The fourth-order valence-electron chi connectivity index (χ4n) is 4.00. The third-order valence-electron chi connectivity index (χ3n) is 5.71. The Bertz CT molecular complexity index is 851. The summed E-state index contributed by atoms with van der Waals surface area (Å²) in [5.41, 5.74) is 2.33. The van der Waals surface area contributed by atoms with Crippen molar-refractivity contribution in [2.24, 2.45) is 0 Å². The van der Waals surface area contributed by atoms with Crippen LogP contribution in [0.3, 0.4) is 0 Å². The van der Waals surface area contributed by atoms with Gasteiger partial charge in [-0.05, 0) is 42.8 Å². The number of halogens is 1. The van der Waals surface area contributed by atoms with Crippen molar-refractivity contribution in [3.63, 3.8) is 0 Å². The molecule has 0 unspecified atom stereocenters. The Labute approximate surface area is 176 Å². The van der Waals surface area contributed by atoms with Gasteiger partial charge in [-0.2, -0.15) is 0 Å². The molecule has 4 rings (SSSR count). The maximum atomic E-state index is 12.5. The Balaban J connectivity index is 1.21. The number of piperazine rings is 1. The zero-order chi connectivity index (χ0) is 20.2. The number of hydrogen-bond donors (Lipinski definition) is 3. The van der Waals surface area contributed by atoms with Gasteiger partial charge < -0.3 is 24.6 Å². The predicted octanol–water partition coefficient (Wildman–Crippen LogP) is 0.230. The first-order chi connectivity index (χ1) is 14.1. The second kappa shape index (κ2) is 9.03. The molecule has 2 aromatic carbocycles. The molecule has 0 spiro atoms. The van der Waals surface area contributed by atoms with Crippen molar-refractivity contribution in [1.29, 1.82) is 0 Å². The van der Waals surface area contributed by atoms with Gasteiger partial charge in [-0.25, -0.2) is 0 Å². The van der Waals surface area contributed by atoms with Crippen LogP contribution in [-0.4, -0.2) is 45.4 Å². The van der Waals surface area contributed by atoms with Crippen molar-refractivity contribution >= 4 is 17.5 Å². The fourth-order valence-corrected chi connectivity index (χ4v) is 4.13. The lowest BCUT2D eigenvalue weighted by Gasteiger charge is -2.29. The highest BCUT2D eigenvalue weighted by atomic mass is 35.5. The number of carbonyl (C=O) groups excluding carboxylic acids is 1. The number of fused-ring (bicyclic) bond motifs is 1. The lowest BCUT2D eigenvalue weighted by atomic mass is 10.1. The van der Waals surface area contributed by atoms with Crippen LogP contribution in [0.25, 0.3) is 0 Å². The van der Waals surface area contributed by atoms with Gasteiger partial charge in [-0.15, -0.1) is 0 Å². The minimum atomic E-state index is -0.0166. The summed E-state index contributed by atoms with van der Waals surface area (Å²) in [4.78, 5) is 15.3. The number of amides is 1. The van der Waals surface area contributed by atoms with E-state index in [9.17, 15) is 4.79 Å². The molecule has 1 saturated heterocycles. The van der Waals surface area contributed by atoms with E-state index in [-0.39, 0.29) is 11.9 Å². The number of ether oxygens (including phenoxy) is 2. The third kappa shape index (κ3) is 5.21. The first kappa shape index (κ1) is 20.0. The lowest BCUT2D eigenvalue weighted by Crippen LogP contribution is -3.28. The average molecular weight is 418 g/mol. The molecular formula is C22H28ClN3O3+2. The predicted molar refractivity (Wildman–Crippen MR) is 111 cm³/mol. The summed E-state index contributed by atoms with van der Waals surface area (Å²) in [6.45, 7) is 7.94. The van der Waals surface area contributed by atoms with Crippen LogP contribution in [0.15, 0.2) is 42.5 Å². The van der Waals surface area contributed by atoms with Crippen LogP contribution in [0.2, 0.25) is 5.02 Å². The summed E-state index contributed by atoms with van der Waals surface area (Å²) in [6, 6.07) is 13.8. The third-order valence-corrected chi connectivity index (χ3v) is 5.97. The van der Waals surface area contributed by atoms with Crippen LogP contribution < -0.4 is 24.6 Å². The van der Waals surface area contributed by atoms with Crippen molar-refractivity contribution in [2.45, 2.75) is 19.5 Å². The molecule has 1 amide bonds. The Morgan fingerprint density at radius 3 is 2.48 bits per heavy atom. The number of benzene rings is 2. The standard InChI is InChI=1S/C22H26ClN3O3/c1-16(18-3-5-19(23)6-4-18)24-22(27)14-26-10-8-25(9-11-26)13-17-2-7-20-21(12-17)29-15-28-20/h2-7,12,16H,8-11,13-15H2,1H3,(H,24,27)/p+2/t16-/m1/s1. The van der Waals surface area contributed by atoms with E-state index in [1.54, 1.807) is 4.90 Å². The van der Waals surface area contributed by atoms with E-state index in [1.165, 1.54) is 10.5 Å². The fraction of sp³-hybridized carbons (Fsp3) is 0.409. The Morgan fingerprint density at radius 2 is 1.72 bits per heavy atom. The molecule has 6 nitrogen and oxygen atoms in total. The maximum absolute atomic E-state index is 12.5. The van der Waals surface area contributed by atoms with E-state index in [4.69, 9.17) is 21.1 Å². The van der Waals surface area contributed by atoms with Crippen molar-refractivity contribution in [1.82, 2.24) is 5.32 Å². The monoisotopic (exact) mass is 417 g/mol. The zero-order valence-electron chi connectivity index (χ0n) is 16.7. The number of carbonyl (C=O) groups is 1. The molecule has 29 heavy (non-hydrogen) atoms. The Kier molecular flexibility index (Phi) is 6.23. The quantitative estimate of drug-likeness (QED) is 0.630. The summed E-state index contributed by atoms with van der Waals surface area (Å²) in [6.07, 6.45) is 0. The molecule has 1 fully saturated rings. The van der Waals surface area contributed by atoms with Gasteiger partial charge in [0, 0.05) is 10.6 Å². The van der Waals surface area contributed by atoms with Crippen molar-refractivity contribution in [3.8, 4) is 11.5 Å². The second-order valence-electron chi connectivity index (χ2n) is 7.88. The largest absolute Gasteiger partial charge is 0.454 e. The number of nitrogens with one attached hydrogen (secondary N) is 3. The van der Waals surface area contributed by atoms with E-state index >= 15 is 0 Å². The first-order valence-electron chi connectivity index (χ1n) is 10.2. The molecular weight excluding hydrogens is 390 g/mol. The minimum Gasteiger partial charge on any atom is -0.454 e. The van der Waals surface area contributed by atoms with Crippen molar-refractivity contribution in [3.05, 3.63) is 58.6 Å². The average Bonchev–Trinajstić information content (AvgIpc) is 3.18. The van der Waals surface area contributed by atoms with Crippen LogP contribution in [0.4, 0.5) is 0 Å². The highest BCUT2D eigenvalue weighted by molar-refractivity contribution is 6.30. The van der Waals surface area contributed by atoms with Crippen LogP contribution in [-0.2, 0) is 11.3 Å². The Morgan fingerprint density at radius 1 is 1.03 bits per heavy atom. The van der Waals surface area contributed by atoms with Gasteiger partial charge in [0.05, 0.1) is 6.04 Å². The van der Waals surface area contributed by atoms with Gasteiger partial charge in [0.2, 0.25) is 6.79 Å². The van der Waals surface area contributed by atoms with Crippen LogP contribution in [0.1, 0.15) is 24.1 Å². The maximum Gasteiger partial charge on any atom is 0.275 e. The normalized spacial score (nSPS) is 21.6. The van der Waals surface area contributed by atoms with Gasteiger partial charge in [0.25, 0.3) is 5.91 Å². The molecule has 7 heteroatoms. The molecule has 2 aliphatic rings. The second-order valence-corrected chi connectivity index (χ2v) is 8.32. The van der Waals surface area contributed by atoms with Crippen molar-refractivity contribution < 1.29 is 24.1 Å². The number of rotatable bonds is 6. The van der Waals surface area contributed by atoms with Crippen LogP contribution in [0, 0.1) is 0 Å². The van der Waals surface area contributed by atoms with Crippen molar-refractivity contribution in [2.75, 3.05) is 39.5 Å². The van der Waals surface area contributed by atoms with E-state index in [1.807, 2.05) is 37.3 Å². The highest BCUT2D eigenvalue weighted by Crippen LogP contribution is 2.32. The van der Waals surface area contributed by atoms with Gasteiger partial charge >= 0.3 is 0 Å². The van der Waals surface area contributed by atoms with E-state index in [0.717, 1.165) is 49.8 Å². The van der Waals surface area contributed by atoms with Crippen LogP contribution >= 0.6 is 11.6 Å². The van der Waals surface area contributed by atoms with Gasteiger partial charge in [0.1, 0.15) is 32.7 Å². The molecule has 0 saturated carbocycles. The molecule has 0 bridgehead atoms. The molecule has 0 aromatic heterocycles. The SMILES string of the molecule is C[C@@H](NC(=O)C[NH+]1CC[NH+](Cc2ccc3c(c2)OCO3)CC1)c1ccc(Cl)cc1. The number of hydrogen-bond acceptors (Lipinski definition) is 3. The molecule has 0 aliphatic carbocycles. The summed E-state index contributed by atoms with van der Waals surface area (Å²) >= 11 is 5.93.